The Morgan fingerprint density at radius 3 is 2.12 bits per heavy atom. The van der Waals surface area contributed by atoms with Crippen molar-refractivity contribution >= 4 is 29.3 Å². The molecule has 0 bridgehead atoms. The first-order valence-corrected chi connectivity index (χ1v) is 9.40. The molecule has 26 heavy (non-hydrogen) atoms. The Hall–Kier alpha value is -2.27. The van der Waals surface area contributed by atoms with Crippen molar-refractivity contribution in [3.05, 3.63) is 53.6 Å². The quantitative estimate of drug-likeness (QED) is 0.811. The van der Waals surface area contributed by atoms with Crippen LogP contribution >= 0.6 is 11.8 Å². The molecule has 0 spiro atoms. The van der Waals surface area contributed by atoms with Crippen LogP contribution < -0.4 is 10.6 Å². The fourth-order valence-corrected chi connectivity index (χ4v) is 3.07. The average molecular weight is 371 g/mol. The van der Waals surface area contributed by atoms with Gasteiger partial charge in [0.25, 0.3) is 0 Å². The number of anilines is 1. The van der Waals surface area contributed by atoms with Crippen LogP contribution in [0.3, 0.4) is 0 Å². The number of carbonyl (C=O) groups excluding carboxylic acids is 2. The minimum Gasteiger partial charge on any atom is -0.347 e. The Balaban J connectivity index is 1.89. The standard InChI is InChI=1S/C21H26N2O2S/c1-14-6-9-18(12-15(14)2)26-17-10-7-16(8-11-17)23-19(24)13-22-20(25)21(3,4)5/h6-12H,13H2,1-5H3,(H,22,25)(H,23,24). The summed E-state index contributed by atoms with van der Waals surface area (Å²) >= 11 is 1.69. The van der Waals surface area contributed by atoms with Gasteiger partial charge in [-0.25, -0.2) is 0 Å². The number of hydrogen-bond acceptors (Lipinski definition) is 3. The van der Waals surface area contributed by atoms with Crippen LogP contribution in [0.25, 0.3) is 0 Å². The van der Waals surface area contributed by atoms with Crippen molar-refractivity contribution < 1.29 is 9.59 Å². The summed E-state index contributed by atoms with van der Waals surface area (Å²) in [6, 6.07) is 14.1. The first-order chi connectivity index (χ1) is 12.1. The van der Waals surface area contributed by atoms with Gasteiger partial charge in [-0.1, -0.05) is 38.6 Å². The molecule has 2 amide bonds. The molecule has 0 aliphatic rings. The highest BCUT2D eigenvalue weighted by Gasteiger charge is 2.21. The zero-order valence-electron chi connectivity index (χ0n) is 16.0. The van der Waals surface area contributed by atoms with Crippen molar-refractivity contribution in [1.29, 1.82) is 0 Å². The number of nitrogens with one attached hydrogen (secondary N) is 2. The second-order valence-electron chi connectivity index (χ2n) is 7.35. The summed E-state index contributed by atoms with van der Waals surface area (Å²) in [4.78, 5) is 26.0. The van der Waals surface area contributed by atoms with Gasteiger partial charge in [0.15, 0.2) is 0 Å². The molecule has 138 valence electrons. The summed E-state index contributed by atoms with van der Waals surface area (Å²) in [7, 11) is 0. The number of carbonyl (C=O) groups is 2. The molecule has 0 saturated heterocycles. The number of aryl methyl sites for hydroxylation is 2. The third-order valence-corrected chi connectivity index (χ3v) is 4.94. The van der Waals surface area contributed by atoms with Crippen LogP contribution in [0.15, 0.2) is 52.3 Å². The number of hydrogen-bond donors (Lipinski definition) is 2. The third-order valence-electron chi connectivity index (χ3n) is 3.94. The smallest absolute Gasteiger partial charge is 0.243 e. The average Bonchev–Trinajstić information content (AvgIpc) is 2.57. The summed E-state index contributed by atoms with van der Waals surface area (Å²) in [5, 5.41) is 5.43. The van der Waals surface area contributed by atoms with E-state index in [4.69, 9.17) is 0 Å². The zero-order chi connectivity index (χ0) is 19.3. The van der Waals surface area contributed by atoms with E-state index in [2.05, 4.69) is 42.7 Å². The molecule has 0 aromatic heterocycles. The Labute approximate surface area is 159 Å². The van der Waals surface area contributed by atoms with Crippen LogP contribution in [-0.2, 0) is 9.59 Å². The molecule has 0 saturated carbocycles. The molecule has 0 radical (unpaired) electrons. The van der Waals surface area contributed by atoms with Crippen molar-refractivity contribution in [1.82, 2.24) is 5.32 Å². The van der Waals surface area contributed by atoms with Crippen LogP contribution in [0, 0.1) is 19.3 Å². The van der Waals surface area contributed by atoms with Crippen molar-refractivity contribution in [2.24, 2.45) is 5.41 Å². The highest BCUT2D eigenvalue weighted by Crippen LogP contribution is 2.29. The molecule has 0 fully saturated rings. The Morgan fingerprint density at radius 2 is 1.54 bits per heavy atom. The largest absolute Gasteiger partial charge is 0.347 e. The summed E-state index contributed by atoms with van der Waals surface area (Å²) in [5.41, 5.74) is 2.76. The third kappa shape index (κ3) is 5.92. The maximum absolute atomic E-state index is 12.0. The SMILES string of the molecule is Cc1ccc(Sc2ccc(NC(=O)CNC(=O)C(C)(C)C)cc2)cc1C. The van der Waals surface area contributed by atoms with E-state index >= 15 is 0 Å². The summed E-state index contributed by atoms with van der Waals surface area (Å²) in [6.07, 6.45) is 0. The van der Waals surface area contributed by atoms with E-state index in [1.165, 1.54) is 16.0 Å². The van der Waals surface area contributed by atoms with E-state index in [0.29, 0.717) is 5.69 Å². The van der Waals surface area contributed by atoms with Gasteiger partial charge in [-0.2, -0.15) is 0 Å². The van der Waals surface area contributed by atoms with E-state index in [-0.39, 0.29) is 18.4 Å². The van der Waals surface area contributed by atoms with Gasteiger partial charge in [-0.15, -0.1) is 0 Å². The van der Waals surface area contributed by atoms with Gasteiger partial charge in [0.2, 0.25) is 11.8 Å². The second kappa shape index (κ2) is 8.41. The molecule has 0 unspecified atom stereocenters. The first-order valence-electron chi connectivity index (χ1n) is 8.58. The van der Waals surface area contributed by atoms with E-state index in [9.17, 15) is 9.59 Å². The van der Waals surface area contributed by atoms with Crippen LogP contribution in [0.2, 0.25) is 0 Å². The second-order valence-corrected chi connectivity index (χ2v) is 8.50. The molecule has 2 rings (SSSR count). The first kappa shape index (κ1) is 20.0. The van der Waals surface area contributed by atoms with Gasteiger partial charge in [0.05, 0.1) is 6.54 Å². The predicted molar refractivity (Wildman–Crippen MR) is 108 cm³/mol. The lowest BCUT2D eigenvalue weighted by atomic mass is 9.96. The topological polar surface area (TPSA) is 58.2 Å². The number of benzene rings is 2. The Bertz CT molecular complexity index is 793. The van der Waals surface area contributed by atoms with Crippen molar-refractivity contribution in [3.8, 4) is 0 Å². The van der Waals surface area contributed by atoms with Crippen molar-refractivity contribution in [3.63, 3.8) is 0 Å². The Morgan fingerprint density at radius 1 is 0.923 bits per heavy atom. The highest BCUT2D eigenvalue weighted by molar-refractivity contribution is 7.99. The van der Waals surface area contributed by atoms with Gasteiger partial charge in [-0.3, -0.25) is 9.59 Å². The van der Waals surface area contributed by atoms with E-state index < -0.39 is 5.41 Å². The minimum atomic E-state index is -0.506. The van der Waals surface area contributed by atoms with Gasteiger partial charge in [-0.05, 0) is 61.4 Å². The van der Waals surface area contributed by atoms with Crippen LogP contribution in [-0.4, -0.2) is 18.4 Å². The fourth-order valence-electron chi connectivity index (χ4n) is 2.15. The molecule has 0 atom stereocenters. The molecule has 2 aromatic carbocycles. The highest BCUT2D eigenvalue weighted by atomic mass is 32.2. The lowest BCUT2D eigenvalue weighted by Gasteiger charge is -2.17. The summed E-state index contributed by atoms with van der Waals surface area (Å²) in [6.45, 7) is 9.61. The maximum atomic E-state index is 12.0. The van der Waals surface area contributed by atoms with Gasteiger partial charge in [0.1, 0.15) is 0 Å². The molecule has 0 aliphatic heterocycles. The molecule has 0 heterocycles. The number of amides is 2. The van der Waals surface area contributed by atoms with Gasteiger partial charge < -0.3 is 10.6 Å². The molecular weight excluding hydrogens is 344 g/mol. The van der Waals surface area contributed by atoms with Gasteiger partial charge >= 0.3 is 0 Å². The monoisotopic (exact) mass is 370 g/mol. The normalized spacial score (nSPS) is 11.1. The van der Waals surface area contributed by atoms with Gasteiger partial charge in [0, 0.05) is 20.9 Å². The maximum Gasteiger partial charge on any atom is 0.243 e. The Kier molecular flexibility index (Phi) is 6.48. The van der Waals surface area contributed by atoms with E-state index in [1.54, 1.807) is 11.8 Å². The lowest BCUT2D eigenvalue weighted by Crippen LogP contribution is -2.39. The molecule has 4 nitrogen and oxygen atoms in total. The van der Waals surface area contributed by atoms with E-state index in [1.807, 2.05) is 45.0 Å². The number of rotatable bonds is 5. The molecule has 2 aromatic rings. The molecule has 2 N–H and O–H groups in total. The van der Waals surface area contributed by atoms with Crippen molar-refractivity contribution in [2.75, 3.05) is 11.9 Å². The lowest BCUT2D eigenvalue weighted by molar-refractivity contribution is -0.130. The molecule has 0 aliphatic carbocycles. The van der Waals surface area contributed by atoms with Crippen LogP contribution in [0.1, 0.15) is 31.9 Å². The van der Waals surface area contributed by atoms with Crippen molar-refractivity contribution in [2.45, 2.75) is 44.4 Å². The van der Waals surface area contributed by atoms with E-state index in [0.717, 1.165) is 4.90 Å². The molecule has 5 heteroatoms. The fraction of sp³-hybridized carbons (Fsp3) is 0.333. The summed E-state index contributed by atoms with van der Waals surface area (Å²) < 4.78 is 0. The minimum absolute atomic E-state index is 0.0325. The van der Waals surface area contributed by atoms with Crippen LogP contribution in [0.5, 0.6) is 0 Å². The summed E-state index contributed by atoms with van der Waals surface area (Å²) in [5.74, 6) is -0.384. The van der Waals surface area contributed by atoms with Crippen LogP contribution in [0.4, 0.5) is 5.69 Å². The zero-order valence-corrected chi connectivity index (χ0v) is 16.8. The molecular formula is C21H26N2O2S. The predicted octanol–water partition coefficient (Wildman–Crippen LogP) is 4.56.